The Labute approximate surface area is 133 Å². The Morgan fingerprint density at radius 1 is 1.27 bits per heavy atom. The molecule has 0 saturated carbocycles. The van der Waals surface area contributed by atoms with E-state index in [2.05, 4.69) is 6.92 Å². The van der Waals surface area contributed by atoms with Crippen molar-refractivity contribution < 1.29 is 9.53 Å². The molecule has 0 fully saturated rings. The van der Waals surface area contributed by atoms with Crippen LogP contribution < -0.4 is 15.4 Å². The number of benzene rings is 1. The average Bonchev–Trinajstić information content (AvgIpc) is 2.46. The number of carbonyl (C=O) groups is 1. The first-order valence-electron chi connectivity index (χ1n) is 8.27. The molecule has 0 spiro atoms. The molecule has 0 aromatic heterocycles. The zero-order valence-corrected chi connectivity index (χ0v) is 14.2. The molecule has 0 bridgehead atoms. The molecular formula is C18H28N2O2. The van der Waals surface area contributed by atoms with Gasteiger partial charge in [0, 0.05) is 12.6 Å². The van der Waals surface area contributed by atoms with E-state index in [9.17, 15) is 4.79 Å². The fourth-order valence-electron chi connectivity index (χ4n) is 2.79. The van der Waals surface area contributed by atoms with E-state index in [1.807, 2.05) is 43.9 Å². The highest BCUT2D eigenvalue weighted by Crippen LogP contribution is 2.39. The molecule has 1 heterocycles. The minimum absolute atomic E-state index is 0.0262. The molecule has 2 rings (SSSR count). The van der Waals surface area contributed by atoms with Gasteiger partial charge in [0.1, 0.15) is 5.75 Å². The first-order valence-corrected chi connectivity index (χ1v) is 8.27. The van der Waals surface area contributed by atoms with E-state index in [-0.39, 0.29) is 11.9 Å². The van der Waals surface area contributed by atoms with Crippen LogP contribution in [0.15, 0.2) is 18.2 Å². The molecule has 1 aromatic rings. The summed E-state index contributed by atoms with van der Waals surface area (Å²) < 4.78 is 5.89. The lowest BCUT2D eigenvalue weighted by atomic mass is 10.0. The maximum Gasteiger partial charge on any atom is 0.270 e. The van der Waals surface area contributed by atoms with Crippen LogP contribution in [0.25, 0.3) is 0 Å². The second kappa shape index (κ2) is 6.69. The Morgan fingerprint density at radius 2 is 2.00 bits per heavy atom. The third-order valence-electron chi connectivity index (χ3n) is 4.16. The van der Waals surface area contributed by atoms with E-state index in [1.54, 1.807) is 0 Å². The third-order valence-corrected chi connectivity index (χ3v) is 4.16. The van der Waals surface area contributed by atoms with Gasteiger partial charge in [-0.3, -0.25) is 4.79 Å². The second-order valence-electron chi connectivity index (χ2n) is 6.65. The minimum atomic E-state index is -0.812. The van der Waals surface area contributed by atoms with Gasteiger partial charge in [0.2, 0.25) is 0 Å². The molecule has 122 valence electrons. The van der Waals surface area contributed by atoms with E-state index < -0.39 is 5.60 Å². The number of anilines is 1. The summed E-state index contributed by atoms with van der Waals surface area (Å²) in [5.74, 6) is 0.794. The second-order valence-corrected chi connectivity index (χ2v) is 6.65. The van der Waals surface area contributed by atoms with Gasteiger partial charge in [0.15, 0.2) is 5.60 Å². The summed E-state index contributed by atoms with van der Waals surface area (Å²) in [5, 5.41) is 0. The van der Waals surface area contributed by atoms with E-state index >= 15 is 0 Å². The first-order chi connectivity index (χ1) is 10.4. The SMILES string of the molecule is CCCCCCN1C(=O)C(C)(C)Oc2ccc(C(C)N)cc21. The lowest BCUT2D eigenvalue weighted by Gasteiger charge is -2.39. The Morgan fingerprint density at radius 3 is 2.64 bits per heavy atom. The molecule has 0 saturated heterocycles. The molecule has 4 heteroatoms. The van der Waals surface area contributed by atoms with Crippen molar-refractivity contribution in [3.63, 3.8) is 0 Å². The fraction of sp³-hybridized carbons (Fsp3) is 0.611. The molecule has 1 aromatic carbocycles. The smallest absolute Gasteiger partial charge is 0.270 e. The zero-order chi connectivity index (χ0) is 16.3. The molecule has 22 heavy (non-hydrogen) atoms. The molecular weight excluding hydrogens is 276 g/mol. The lowest BCUT2D eigenvalue weighted by Crippen LogP contribution is -2.52. The molecule has 0 aliphatic carbocycles. The standard InChI is InChI=1S/C18H28N2O2/c1-5-6-7-8-11-20-15-12-14(13(2)19)9-10-16(15)22-18(3,4)17(20)21/h9-10,12-13H,5-8,11,19H2,1-4H3. The highest BCUT2D eigenvalue weighted by atomic mass is 16.5. The lowest BCUT2D eigenvalue weighted by molar-refractivity contribution is -0.132. The third kappa shape index (κ3) is 3.43. The van der Waals surface area contributed by atoms with Crippen LogP contribution in [0.2, 0.25) is 0 Å². The summed E-state index contributed by atoms with van der Waals surface area (Å²) >= 11 is 0. The van der Waals surface area contributed by atoms with Crippen molar-refractivity contribution >= 4 is 11.6 Å². The molecule has 4 nitrogen and oxygen atoms in total. The van der Waals surface area contributed by atoms with Crippen molar-refractivity contribution in [1.29, 1.82) is 0 Å². The van der Waals surface area contributed by atoms with E-state index in [4.69, 9.17) is 10.5 Å². The van der Waals surface area contributed by atoms with E-state index in [1.165, 1.54) is 12.8 Å². The van der Waals surface area contributed by atoms with Gasteiger partial charge in [0.25, 0.3) is 5.91 Å². The van der Waals surface area contributed by atoms with Crippen LogP contribution in [0, 0.1) is 0 Å². The van der Waals surface area contributed by atoms with Crippen LogP contribution in [-0.4, -0.2) is 18.1 Å². The van der Waals surface area contributed by atoms with Crippen molar-refractivity contribution in [2.24, 2.45) is 5.73 Å². The van der Waals surface area contributed by atoms with Crippen molar-refractivity contribution in [2.75, 3.05) is 11.4 Å². The van der Waals surface area contributed by atoms with Crippen molar-refractivity contribution in [2.45, 2.75) is 65.0 Å². The first kappa shape index (κ1) is 16.8. The van der Waals surface area contributed by atoms with Gasteiger partial charge >= 0.3 is 0 Å². The number of rotatable bonds is 6. The van der Waals surface area contributed by atoms with Crippen molar-refractivity contribution in [1.82, 2.24) is 0 Å². The zero-order valence-electron chi connectivity index (χ0n) is 14.2. The van der Waals surface area contributed by atoms with E-state index in [0.29, 0.717) is 0 Å². The van der Waals surface area contributed by atoms with Crippen LogP contribution in [-0.2, 0) is 4.79 Å². The van der Waals surface area contributed by atoms with Crippen molar-refractivity contribution in [3.8, 4) is 5.75 Å². The Balaban J connectivity index is 2.29. The number of nitrogens with zero attached hydrogens (tertiary/aromatic N) is 1. The van der Waals surface area contributed by atoms with Crippen LogP contribution in [0.4, 0.5) is 5.69 Å². The topological polar surface area (TPSA) is 55.6 Å². The minimum Gasteiger partial charge on any atom is -0.476 e. The van der Waals surface area contributed by atoms with Crippen LogP contribution >= 0.6 is 0 Å². The van der Waals surface area contributed by atoms with Crippen LogP contribution in [0.3, 0.4) is 0 Å². The number of ether oxygens (including phenoxy) is 1. The van der Waals surface area contributed by atoms with Gasteiger partial charge in [-0.15, -0.1) is 0 Å². The molecule has 2 N–H and O–H groups in total. The number of carbonyl (C=O) groups excluding carboxylic acids is 1. The molecule has 1 aliphatic heterocycles. The summed E-state index contributed by atoms with van der Waals surface area (Å²) in [7, 11) is 0. The molecule has 1 amide bonds. The molecule has 1 unspecified atom stereocenters. The van der Waals surface area contributed by atoms with Gasteiger partial charge in [-0.05, 0) is 44.9 Å². The Hall–Kier alpha value is -1.55. The predicted molar refractivity (Wildman–Crippen MR) is 90.2 cm³/mol. The fourth-order valence-corrected chi connectivity index (χ4v) is 2.79. The molecule has 1 atom stereocenters. The highest BCUT2D eigenvalue weighted by molar-refractivity contribution is 6.02. The molecule has 0 radical (unpaired) electrons. The largest absolute Gasteiger partial charge is 0.476 e. The number of fused-ring (bicyclic) bond motifs is 1. The highest BCUT2D eigenvalue weighted by Gasteiger charge is 2.40. The summed E-state index contributed by atoms with van der Waals surface area (Å²) in [6, 6.07) is 5.84. The predicted octanol–water partition coefficient (Wildman–Crippen LogP) is 3.79. The van der Waals surface area contributed by atoms with E-state index in [0.717, 1.165) is 36.4 Å². The average molecular weight is 304 g/mol. The quantitative estimate of drug-likeness (QED) is 0.813. The Bertz CT molecular complexity index is 538. The number of amides is 1. The number of hydrogen-bond donors (Lipinski definition) is 1. The normalized spacial score (nSPS) is 17.9. The summed E-state index contributed by atoms with van der Waals surface area (Å²) in [6.07, 6.45) is 4.55. The number of nitrogens with two attached hydrogens (primary N) is 1. The van der Waals surface area contributed by atoms with Gasteiger partial charge < -0.3 is 15.4 Å². The van der Waals surface area contributed by atoms with Crippen molar-refractivity contribution in [3.05, 3.63) is 23.8 Å². The van der Waals surface area contributed by atoms with Crippen LogP contribution in [0.5, 0.6) is 5.75 Å². The maximum atomic E-state index is 12.7. The van der Waals surface area contributed by atoms with Gasteiger partial charge in [0.05, 0.1) is 5.69 Å². The number of hydrogen-bond acceptors (Lipinski definition) is 3. The summed E-state index contributed by atoms with van der Waals surface area (Å²) in [4.78, 5) is 14.6. The summed E-state index contributed by atoms with van der Waals surface area (Å²) in [6.45, 7) is 8.53. The Kier molecular flexibility index (Phi) is 5.12. The van der Waals surface area contributed by atoms with Gasteiger partial charge in [-0.1, -0.05) is 32.3 Å². The van der Waals surface area contributed by atoms with Gasteiger partial charge in [-0.2, -0.15) is 0 Å². The summed E-state index contributed by atoms with van der Waals surface area (Å²) in [5.41, 5.74) is 7.04. The van der Waals surface area contributed by atoms with Crippen LogP contribution in [0.1, 0.15) is 65.0 Å². The monoisotopic (exact) mass is 304 g/mol. The number of unbranched alkanes of at least 4 members (excludes halogenated alkanes) is 3. The maximum absolute atomic E-state index is 12.7. The molecule has 1 aliphatic rings. The van der Waals surface area contributed by atoms with Gasteiger partial charge in [-0.25, -0.2) is 0 Å².